The van der Waals surface area contributed by atoms with E-state index in [9.17, 15) is 9.59 Å². The molecule has 2 amide bonds. The number of carbonyl (C=O) groups is 2. The van der Waals surface area contributed by atoms with Crippen molar-refractivity contribution in [1.29, 1.82) is 0 Å². The predicted molar refractivity (Wildman–Crippen MR) is 67.6 cm³/mol. The van der Waals surface area contributed by atoms with Crippen molar-refractivity contribution >= 4 is 17.8 Å². The van der Waals surface area contributed by atoms with Gasteiger partial charge in [0.15, 0.2) is 5.69 Å². The Balaban J connectivity index is 1.56. The Morgan fingerprint density at radius 1 is 1.21 bits per heavy atom. The van der Waals surface area contributed by atoms with Gasteiger partial charge >= 0.3 is 6.01 Å². The van der Waals surface area contributed by atoms with Crippen molar-refractivity contribution < 1.29 is 14.0 Å². The fourth-order valence-electron chi connectivity index (χ4n) is 2.32. The molecule has 0 aromatic carbocycles. The van der Waals surface area contributed by atoms with Gasteiger partial charge in [-0.15, -0.1) is 0 Å². The van der Waals surface area contributed by atoms with Crippen LogP contribution in [-0.4, -0.2) is 22.8 Å². The summed E-state index contributed by atoms with van der Waals surface area (Å²) in [6.45, 7) is 0. The second kappa shape index (κ2) is 5.03. The van der Waals surface area contributed by atoms with E-state index >= 15 is 0 Å². The maximum atomic E-state index is 11.9. The lowest BCUT2D eigenvalue weighted by atomic mass is 10.2. The minimum Gasteiger partial charge on any atom is -0.431 e. The predicted octanol–water partition coefficient (Wildman–Crippen LogP) is 1.70. The van der Waals surface area contributed by atoms with E-state index in [2.05, 4.69) is 15.6 Å². The standard InChI is InChI=1S/C13H17N3O3/c17-11(8-5-6-8)16-13-15-10(7-19-13)12(18)14-9-3-1-2-4-9/h7-9H,1-6H2,(H,14,18)(H,15,16,17). The smallest absolute Gasteiger partial charge is 0.302 e. The maximum absolute atomic E-state index is 11.9. The van der Waals surface area contributed by atoms with Gasteiger partial charge < -0.3 is 9.73 Å². The maximum Gasteiger partial charge on any atom is 0.302 e. The van der Waals surface area contributed by atoms with Crippen molar-refractivity contribution in [2.75, 3.05) is 5.32 Å². The summed E-state index contributed by atoms with van der Waals surface area (Å²) in [6, 6.07) is 0.349. The molecule has 1 heterocycles. The third kappa shape index (κ3) is 2.94. The van der Waals surface area contributed by atoms with Crippen LogP contribution in [0.3, 0.4) is 0 Å². The van der Waals surface area contributed by atoms with Gasteiger partial charge in [-0.25, -0.2) is 0 Å². The number of nitrogens with zero attached hydrogens (tertiary/aromatic N) is 1. The number of amides is 2. The molecule has 0 unspecified atom stereocenters. The summed E-state index contributed by atoms with van der Waals surface area (Å²) in [7, 11) is 0. The molecule has 0 aliphatic heterocycles. The summed E-state index contributed by atoms with van der Waals surface area (Å²) in [5, 5.41) is 5.50. The topological polar surface area (TPSA) is 84.2 Å². The summed E-state index contributed by atoms with van der Waals surface area (Å²) < 4.78 is 5.09. The van der Waals surface area contributed by atoms with E-state index in [4.69, 9.17) is 4.42 Å². The Bertz CT molecular complexity index is 487. The number of anilines is 1. The largest absolute Gasteiger partial charge is 0.431 e. The minimum absolute atomic E-state index is 0.0791. The molecule has 1 aromatic heterocycles. The fourth-order valence-corrected chi connectivity index (χ4v) is 2.32. The van der Waals surface area contributed by atoms with Gasteiger partial charge in [-0.3, -0.25) is 14.9 Å². The number of rotatable bonds is 4. The Morgan fingerprint density at radius 2 is 1.95 bits per heavy atom. The number of hydrogen-bond donors (Lipinski definition) is 2. The first-order valence-corrected chi connectivity index (χ1v) is 6.79. The molecule has 0 radical (unpaired) electrons. The first kappa shape index (κ1) is 12.2. The van der Waals surface area contributed by atoms with Crippen molar-refractivity contribution in [3.05, 3.63) is 12.0 Å². The van der Waals surface area contributed by atoms with Crippen LogP contribution >= 0.6 is 0 Å². The van der Waals surface area contributed by atoms with Crippen LogP contribution in [0, 0.1) is 5.92 Å². The molecular weight excluding hydrogens is 246 g/mol. The van der Waals surface area contributed by atoms with Crippen LogP contribution in [0.15, 0.2) is 10.7 Å². The van der Waals surface area contributed by atoms with Crippen molar-refractivity contribution in [3.8, 4) is 0 Å². The van der Waals surface area contributed by atoms with Crippen molar-refractivity contribution in [2.45, 2.75) is 44.6 Å². The second-order valence-corrected chi connectivity index (χ2v) is 5.26. The number of nitrogens with one attached hydrogen (secondary N) is 2. The first-order valence-electron chi connectivity index (χ1n) is 6.79. The highest BCUT2D eigenvalue weighted by Gasteiger charge is 2.30. The van der Waals surface area contributed by atoms with E-state index < -0.39 is 0 Å². The Labute approximate surface area is 111 Å². The molecule has 6 heteroatoms. The molecule has 19 heavy (non-hydrogen) atoms. The molecule has 2 aliphatic rings. The number of oxazole rings is 1. The van der Waals surface area contributed by atoms with Crippen LogP contribution in [0.4, 0.5) is 6.01 Å². The average molecular weight is 263 g/mol. The van der Waals surface area contributed by atoms with Gasteiger partial charge in [0.2, 0.25) is 5.91 Å². The zero-order valence-corrected chi connectivity index (χ0v) is 10.6. The third-order valence-corrected chi connectivity index (χ3v) is 3.61. The molecule has 0 saturated heterocycles. The molecule has 102 valence electrons. The van der Waals surface area contributed by atoms with Gasteiger partial charge in [0.05, 0.1) is 0 Å². The zero-order valence-electron chi connectivity index (χ0n) is 10.6. The first-order chi connectivity index (χ1) is 9.22. The molecule has 1 aromatic rings. The molecule has 0 atom stereocenters. The molecule has 6 nitrogen and oxygen atoms in total. The fraction of sp³-hybridized carbons (Fsp3) is 0.615. The van der Waals surface area contributed by atoms with E-state index in [0.717, 1.165) is 38.5 Å². The Morgan fingerprint density at radius 3 is 2.63 bits per heavy atom. The van der Waals surface area contributed by atoms with Crippen LogP contribution in [0.2, 0.25) is 0 Å². The highest BCUT2D eigenvalue weighted by molar-refractivity contribution is 5.94. The highest BCUT2D eigenvalue weighted by Crippen LogP contribution is 2.30. The van der Waals surface area contributed by atoms with E-state index in [1.54, 1.807) is 0 Å². The van der Waals surface area contributed by atoms with E-state index in [0.29, 0.717) is 0 Å². The second-order valence-electron chi connectivity index (χ2n) is 5.26. The Hall–Kier alpha value is -1.85. The van der Waals surface area contributed by atoms with E-state index in [1.807, 2.05) is 0 Å². The molecule has 0 bridgehead atoms. The molecule has 3 rings (SSSR count). The lowest BCUT2D eigenvalue weighted by Gasteiger charge is -2.09. The normalized spacial score (nSPS) is 19.4. The summed E-state index contributed by atoms with van der Waals surface area (Å²) in [4.78, 5) is 27.4. The van der Waals surface area contributed by atoms with Crippen molar-refractivity contribution in [3.63, 3.8) is 0 Å². The molecule has 0 spiro atoms. The minimum atomic E-state index is -0.234. The van der Waals surface area contributed by atoms with Gasteiger partial charge in [-0.2, -0.15) is 4.98 Å². The van der Waals surface area contributed by atoms with Gasteiger partial charge in [-0.05, 0) is 25.7 Å². The van der Waals surface area contributed by atoms with Crippen molar-refractivity contribution in [2.24, 2.45) is 5.92 Å². The quantitative estimate of drug-likeness (QED) is 0.865. The van der Waals surface area contributed by atoms with Gasteiger partial charge in [0.1, 0.15) is 6.26 Å². The zero-order chi connectivity index (χ0) is 13.2. The molecule has 2 N–H and O–H groups in total. The molecule has 2 fully saturated rings. The molecule has 2 aliphatic carbocycles. The van der Waals surface area contributed by atoms with Crippen molar-refractivity contribution in [1.82, 2.24) is 10.3 Å². The summed E-state index contributed by atoms with van der Waals surface area (Å²) in [6.07, 6.45) is 7.48. The van der Waals surface area contributed by atoms with Gasteiger partial charge in [0.25, 0.3) is 5.91 Å². The summed E-state index contributed by atoms with van der Waals surface area (Å²) in [5.41, 5.74) is 0.220. The third-order valence-electron chi connectivity index (χ3n) is 3.61. The van der Waals surface area contributed by atoms with E-state index in [1.165, 1.54) is 6.26 Å². The number of carbonyl (C=O) groups excluding carboxylic acids is 2. The SMILES string of the molecule is O=C(NC1CCCC1)c1coc(NC(=O)C2CC2)n1. The Kier molecular flexibility index (Phi) is 3.23. The lowest BCUT2D eigenvalue weighted by molar-refractivity contribution is -0.117. The number of aromatic nitrogens is 1. The lowest BCUT2D eigenvalue weighted by Crippen LogP contribution is -2.32. The van der Waals surface area contributed by atoms with Crippen LogP contribution in [0.25, 0.3) is 0 Å². The van der Waals surface area contributed by atoms with Crippen LogP contribution < -0.4 is 10.6 Å². The van der Waals surface area contributed by atoms with Crippen LogP contribution in [0.1, 0.15) is 49.0 Å². The van der Waals surface area contributed by atoms with Gasteiger partial charge in [-0.1, -0.05) is 12.8 Å². The van der Waals surface area contributed by atoms with Crippen LogP contribution in [-0.2, 0) is 4.79 Å². The summed E-state index contributed by atoms with van der Waals surface area (Å²) >= 11 is 0. The highest BCUT2D eigenvalue weighted by atomic mass is 16.4. The van der Waals surface area contributed by atoms with Crippen LogP contribution in [0.5, 0.6) is 0 Å². The average Bonchev–Trinajstić information content (AvgIpc) is 2.93. The number of hydrogen-bond acceptors (Lipinski definition) is 4. The van der Waals surface area contributed by atoms with Gasteiger partial charge in [0, 0.05) is 12.0 Å². The summed E-state index contributed by atoms with van der Waals surface area (Å²) in [5.74, 6) is -0.227. The van der Waals surface area contributed by atoms with E-state index in [-0.39, 0.29) is 35.5 Å². The monoisotopic (exact) mass is 263 g/mol. The molecule has 2 saturated carbocycles. The molecular formula is C13H17N3O3.